The van der Waals surface area contributed by atoms with Crippen LogP contribution >= 0.6 is 7.82 Å². The second kappa shape index (κ2) is 70.5. The molecule has 0 fully saturated rings. The molecule has 0 heterocycles. The molecule has 0 rings (SSSR count). The number of carbonyl (C=O) groups excluding carboxylic acids is 2. The molecule has 9 nitrogen and oxygen atoms in total. The number of phosphoric ester groups is 1. The van der Waals surface area contributed by atoms with Crippen molar-refractivity contribution < 1.29 is 37.3 Å². The first-order chi connectivity index (χ1) is 44.9. The molecule has 0 aromatic heterocycles. The summed E-state index contributed by atoms with van der Waals surface area (Å²) in [6, 6.07) is -0.900. The summed E-state index contributed by atoms with van der Waals surface area (Å²) in [6.07, 6.45) is 98.0. The highest BCUT2D eigenvalue weighted by Gasteiger charge is 2.27. The van der Waals surface area contributed by atoms with Gasteiger partial charge in [-0.1, -0.05) is 330 Å². The van der Waals surface area contributed by atoms with Gasteiger partial charge in [0.1, 0.15) is 19.3 Å². The Morgan fingerprint density at radius 2 is 0.696 bits per heavy atom. The summed E-state index contributed by atoms with van der Waals surface area (Å²) in [5.74, 6) is -0.543. The third-order valence-corrected chi connectivity index (χ3v) is 17.9. The Balaban J connectivity index is 4.98. The van der Waals surface area contributed by atoms with Crippen molar-refractivity contribution in [2.75, 3.05) is 40.9 Å². The van der Waals surface area contributed by atoms with Gasteiger partial charge in [0.15, 0.2) is 0 Å². The molecule has 92 heavy (non-hydrogen) atoms. The van der Waals surface area contributed by atoms with E-state index in [-0.39, 0.29) is 24.9 Å². The SMILES string of the molecule is CC/C=C\C/C=C\C/C=C\C/C=C\C/C=C\C/C=C\CCCCCCCCCCC(=O)NC(COP(=O)([O-])OCC[N+](C)(C)C)C(/C=C/CCCCCCCCCCCC)OC(=O)CCCCCCCCCCCCCCCCCCC/C=C\C/C=C\CCCCC. The number of carbonyl (C=O) groups is 2. The number of unbranched alkanes of at least 4 members (excludes halogenated alkanes) is 38. The molecule has 1 amide bonds. The van der Waals surface area contributed by atoms with Gasteiger partial charge in [0.05, 0.1) is 33.8 Å². The number of esters is 1. The average Bonchev–Trinajstić information content (AvgIpc) is 3.69. The fraction of sp³-hybridized carbons (Fsp3) is 0.756. The van der Waals surface area contributed by atoms with Crippen LogP contribution in [-0.2, 0) is 27.9 Å². The summed E-state index contributed by atoms with van der Waals surface area (Å²) in [7, 11) is 1.18. The number of allylic oxidation sites excluding steroid dienone is 17. The van der Waals surface area contributed by atoms with Crippen molar-refractivity contribution in [3.8, 4) is 0 Å². The Hall–Kier alpha value is -3.33. The lowest BCUT2D eigenvalue weighted by Gasteiger charge is -2.30. The van der Waals surface area contributed by atoms with Crippen LogP contribution in [0.1, 0.15) is 348 Å². The fourth-order valence-electron chi connectivity index (χ4n) is 11.0. The number of amides is 1. The molecule has 0 aromatic rings. The third-order valence-electron chi connectivity index (χ3n) is 16.9. The molecule has 0 aromatic carbocycles. The van der Waals surface area contributed by atoms with Crippen LogP contribution in [-0.4, -0.2) is 69.4 Å². The Kier molecular flexibility index (Phi) is 67.9. The minimum Gasteiger partial charge on any atom is -0.756 e. The predicted molar refractivity (Wildman–Crippen MR) is 399 cm³/mol. The lowest BCUT2D eigenvalue weighted by molar-refractivity contribution is -0.870. The van der Waals surface area contributed by atoms with Crippen molar-refractivity contribution in [2.45, 2.75) is 360 Å². The maximum atomic E-state index is 13.6. The summed E-state index contributed by atoms with van der Waals surface area (Å²) in [5.41, 5.74) is 0. The van der Waals surface area contributed by atoms with Gasteiger partial charge in [-0.25, -0.2) is 0 Å². The number of phosphoric acid groups is 1. The highest BCUT2D eigenvalue weighted by atomic mass is 31.2. The van der Waals surface area contributed by atoms with Crippen LogP contribution in [0.4, 0.5) is 0 Å². The van der Waals surface area contributed by atoms with Gasteiger partial charge in [0, 0.05) is 12.8 Å². The van der Waals surface area contributed by atoms with E-state index in [1.165, 1.54) is 199 Å². The van der Waals surface area contributed by atoms with E-state index >= 15 is 0 Å². The number of rotatable bonds is 70. The molecule has 0 radical (unpaired) electrons. The van der Waals surface area contributed by atoms with Crippen LogP contribution < -0.4 is 10.2 Å². The van der Waals surface area contributed by atoms with Gasteiger partial charge >= 0.3 is 5.97 Å². The topological polar surface area (TPSA) is 114 Å². The lowest BCUT2D eigenvalue weighted by Crippen LogP contribution is -2.47. The number of hydrogen-bond donors (Lipinski definition) is 1. The first kappa shape index (κ1) is 88.7. The van der Waals surface area contributed by atoms with Crippen molar-refractivity contribution in [1.29, 1.82) is 0 Å². The number of ether oxygens (including phenoxy) is 1. The van der Waals surface area contributed by atoms with Gasteiger partial charge in [-0.2, -0.15) is 0 Å². The molecule has 3 atom stereocenters. The Morgan fingerprint density at radius 1 is 0.391 bits per heavy atom. The van der Waals surface area contributed by atoms with E-state index in [1.807, 2.05) is 33.3 Å². The molecule has 1 N–H and O–H groups in total. The van der Waals surface area contributed by atoms with Crippen molar-refractivity contribution >= 4 is 19.7 Å². The van der Waals surface area contributed by atoms with E-state index in [1.54, 1.807) is 0 Å². The third kappa shape index (κ3) is 71.0. The van der Waals surface area contributed by atoms with Crippen molar-refractivity contribution in [2.24, 2.45) is 0 Å². The van der Waals surface area contributed by atoms with Crippen molar-refractivity contribution in [3.05, 3.63) is 109 Å². The van der Waals surface area contributed by atoms with Crippen LogP contribution in [0.3, 0.4) is 0 Å². The molecule has 532 valence electrons. The summed E-state index contributed by atoms with van der Waals surface area (Å²) < 4.78 is 30.5. The quantitative estimate of drug-likeness (QED) is 0.0212. The molecular weight excluding hydrogens is 1160 g/mol. The first-order valence-electron chi connectivity index (χ1n) is 38.7. The van der Waals surface area contributed by atoms with Gasteiger partial charge in [0.2, 0.25) is 5.91 Å². The number of likely N-dealkylation sites (N-methyl/N-ethyl adjacent to an activating group) is 1. The second-order valence-corrected chi connectivity index (χ2v) is 28.5. The van der Waals surface area contributed by atoms with Gasteiger partial charge in [-0.05, 0) is 115 Å². The fourth-order valence-corrected chi connectivity index (χ4v) is 11.8. The van der Waals surface area contributed by atoms with Crippen LogP contribution in [0.2, 0.25) is 0 Å². The molecule has 0 spiro atoms. The average molecular weight is 1300 g/mol. The minimum atomic E-state index is -4.72. The zero-order chi connectivity index (χ0) is 67.0. The van der Waals surface area contributed by atoms with Gasteiger partial charge in [-0.15, -0.1) is 0 Å². The van der Waals surface area contributed by atoms with Gasteiger partial charge in [-0.3, -0.25) is 14.2 Å². The van der Waals surface area contributed by atoms with E-state index in [9.17, 15) is 19.0 Å². The van der Waals surface area contributed by atoms with Crippen LogP contribution in [0.25, 0.3) is 0 Å². The van der Waals surface area contributed by atoms with Crippen LogP contribution in [0.5, 0.6) is 0 Å². The van der Waals surface area contributed by atoms with Gasteiger partial charge < -0.3 is 28.5 Å². The maximum absolute atomic E-state index is 13.6. The minimum absolute atomic E-state index is 0.0274. The molecule has 10 heteroatoms. The van der Waals surface area contributed by atoms with Crippen LogP contribution in [0.15, 0.2) is 109 Å². The highest BCUT2D eigenvalue weighted by Crippen LogP contribution is 2.38. The highest BCUT2D eigenvalue weighted by molar-refractivity contribution is 7.45. The molecule has 3 unspecified atom stereocenters. The van der Waals surface area contributed by atoms with Crippen molar-refractivity contribution in [1.82, 2.24) is 5.32 Å². The zero-order valence-electron chi connectivity index (χ0n) is 61.0. The molecule has 0 aliphatic rings. The van der Waals surface area contributed by atoms with E-state index in [0.29, 0.717) is 17.4 Å². The zero-order valence-corrected chi connectivity index (χ0v) is 61.9. The van der Waals surface area contributed by atoms with Crippen LogP contribution in [0, 0.1) is 0 Å². The molecule has 0 aliphatic heterocycles. The molecule has 0 saturated carbocycles. The van der Waals surface area contributed by atoms with Gasteiger partial charge in [0.25, 0.3) is 7.82 Å². The molecule has 0 saturated heterocycles. The molecule has 0 bridgehead atoms. The largest absolute Gasteiger partial charge is 0.756 e. The smallest absolute Gasteiger partial charge is 0.306 e. The van der Waals surface area contributed by atoms with Crippen molar-refractivity contribution in [3.63, 3.8) is 0 Å². The normalized spacial score (nSPS) is 14.0. The lowest BCUT2D eigenvalue weighted by atomic mass is 10.0. The maximum Gasteiger partial charge on any atom is 0.306 e. The number of nitrogens with one attached hydrogen (secondary N) is 1. The Labute approximate surface area is 570 Å². The summed E-state index contributed by atoms with van der Waals surface area (Å²) >= 11 is 0. The monoisotopic (exact) mass is 1300 g/mol. The van der Waals surface area contributed by atoms with E-state index in [0.717, 1.165) is 116 Å². The summed E-state index contributed by atoms with van der Waals surface area (Å²) in [6.45, 7) is 6.73. The molecule has 0 aliphatic carbocycles. The summed E-state index contributed by atoms with van der Waals surface area (Å²) in [5, 5.41) is 3.05. The number of nitrogens with zero attached hydrogens (tertiary/aromatic N) is 1. The standard InChI is InChI=1S/C82H147N2O7P/c1-7-10-13-16-19-22-25-28-30-32-34-36-38-40-42-44-46-48-50-52-54-56-59-62-65-68-71-74-81(85)83-79(78-90-92(87,88)89-77-76-84(4,5)6)80(73-70-67-64-61-58-27-24-21-18-15-12-9-3)91-82(86)75-72-69-66-63-60-57-55-53-51-49-47-45-43-41-39-37-35-33-31-29-26-23-20-17-14-11-8-2/h10,13,19-20,22-23,28-31,34,36,40,42,46,48,70,73,79-80H,7-9,11-12,14-18,21,24-27,32-33,35,37-39,41,43-45,47,49-69,71-72,74-78H2,1-6H3,(H-,83,85,87,88)/b13-10-,22-19-,23-20-,30-28-,31-29-,36-34-,42-40-,48-46-,73-70+. The van der Waals surface area contributed by atoms with E-state index in [2.05, 4.69) is 123 Å². The number of hydrogen-bond acceptors (Lipinski definition) is 7. The van der Waals surface area contributed by atoms with E-state index in [4.69, 9.17) is 13.8 Å². The Morgan fingerprint density at radius 3 is 1.07 bits per heavy atom. The number of quaternary nitrogens is 1. The second-order valence-electron chi connectivity index (χ2n) is 27.1. The molecular formula is C82H147N2O7P. The summed E-state index contributed by atoms with van der Waals surface area (Å²) in [4.78, 5) is 40.3. The predicted octanol–water partition coefficient (Wildman–Crippen LogP) is 24.6. The van der Waals surface area contributed by atoms with E-state index < -0.39 is 26.6 Å². The Bertz CT molecular complexity index is 1940. The first-order valence-corrected chi connectivity index (χ1v) is 40.2.